The highest BCUT2D eigenvalue weighted by molar-refractivity contribution is 5.44. The van der Waals surface area contributed by atoms with Gasteiger partial charge in [0.05, 0.1) is 0 Å². The minimum absolute atomic E-state index is 0.177. The van der Waals surface area contributed by atoms with Crippen molar-refractivity contribution in [2.45, 2.75) is 25.4 Å². The van der Waals surface area contributed by atoms with E-state index in [0.29, 0.717) is 17.9 Å². The zero-order valence-electron chi connectivity index (χ0n) is 10.6. The Bertz CT molecular complexity index is 597. The molecule has 0 saturated carbocycles. The van der Waals surface area contributed by atoms with Crippen molar-refractivity contribution >= 4 is 0 Å². The summed E-state index contributed by atoms with van der Waals surface area (Å²) in [6.45, 7) is 0.506. The third-order valence-electron chi connectivity index (χ3n) is 3.74. The molecule has 0 bridgehead atoms. The van der Waals surface area contributed by atoms with Gasteiger partial charge in [0.25, 0.3) is 0 Å². The van der Waals surface area contributed by atoms with Crippen molar-refractivity contribution in [3.05, 3.63) is 65.0 Å². The second-order valence-electron chi connectivity index (χ2n) is 4.91. The van der Waals surface area contributed by atoms with Gasteiger partial charge in [0.15, 0.2) is 0 Å². The van der Waals surface area contributed by atoms with Crippen LogP contribution in [0.3, 0.4) is 0 Å². The highest BCUT2D eigenvalue weighted by Gasteiger charge is 2.24. The molecule has 2 N–H and O–H groups in total. The Balaban J connectivity index is 1.74. The van der Waals surface area contributed by atoms with E-state index in [1.54, 1.807) is 18.2 Å². The molecule has 1 aliphatic carbocycles. The molecule has 0 aliphatic heterocycles. The quantitative estimate of drug-likeness (QED) is 0.884. The van der Waals surface area contributed by atoms with Gasteiger partial charge in [0.1, 0.15) is 11.6 Å². The van der Waals surface area contributed by atoms with Crippen LogP contribution in [0.15, 0.2) is 42.5 Å². The third kappa shape index (κ3) is 2.34. The summed E-state index contributed by atoms with van der Waals surface area (Å²) in [6.07, 6.45) is 1.82. The fourth-order valence-corrected chi connectivity index (χ4v) is 2.72. The van der Waals surface area contributed by atoms with Gasteiger partial charge in [-0.3, -0.25) is 0 Å². The molecule has 2 nitrogen and oxygen atoms in total. The monoisotopic (exact) mass is 257 g/mol. The number of nitrogens with one attached hydrogen (secondary N) is 1. The van der Waals surface area contributed by atoms with Crippen LogP contribution < -0.4 is 5.32 Å². The molecule has 19 heavy (non-hydrogen) atoms. The Morgan fingerprint density at radius 2 is 2.00 bits per heavy atom. The minimum atomic E-state index is -0.177. The average molecular weight is 257 g/mol. The summed E-state index contributed by atoms with van der Waals surface area (Å²) in [7, 11) is 0. The standard InChI is InChI=1S/C16H16FNO/c17-14-6-2-1-4-11(14)10-18-15-9-8-13-12(15)5-3-7-16(13)19/h1-7,15,18-19H,8-10H2. The third-order valence-corrected chi connectivity index (χ3v) is 3.74. The van der Waals surface area contributed by atoms with Gasteiger partial charge in [-0.1, -0.05) is 30.3 Å². The van der Waals surface area contributed by atoms with Crippen LogP contribution in [0.4, 0.5) is 4.39 Å². The maximum Gasteiger partial charge on any atom is 0.127 e. The van der Waals surface area contributed by atoms with Gasteiger partial charge in [-0.15, -0.1) is 0 Å². The minimum Gasteiger partial charge on any atom is -0.508 e. The molecular weight excluding hydrogens is 241 g/mol. The molecule has 1 aliphatic rings. The van der Waals surface area contributed by atoms with E-state index in [9.17, 15) is 9.50 Å². The Hall–Kier alpha value is -1.87. The van der Waals surface area contributed by atoms with Crippen LogP contribution in [-0.4, -0.2) is 5.11 Å². The molecule has 0 radical (unpaired) electrons. The van der Waals surface area contributed by atoms with Gasteiger partial charge in [-0.05, 0) is 36.1 Å². The van der Waals surface area contributed by atoms with Gasteiger partial charge in [-0.2, -0.15) is 0 Å². The highest BCUT2D eigenvalue weighted by atomic mass is 19.1. The van der Waals surface area contributed by atoms with Crippen molar-refractivity contribution < 1.29 is 9.50 Å². The first-order valence-electron chi connectivity index (χ1n) is 6.53. The molecule has 1 atom stereocenters. The lowest BCUT2D eigenvalue weighted by molar-refractivity contribution is 0.469. The topological polar surface area (TPSA) is 32.3 Å². The van der Waals surface area contributed by atoms with Crippen molar-refractivity contribution in [2.75, 3.05) is 0 Å². The molecule has 1 unspecified atom stereocenters. The van der Waals surface area contributed by atoms with Crippen LogP contribution in [-0.2, 0) is 13.0 Å². The number of fused-ring (bicyclic) bond motifs is 1. The smallest absolute Gasteiger partial charge is 0.127 e. The molecule has 0 heterocycles. The Morgan fingerprint density at radius 3 is 2.84 bits per heavy atom. The Kier molecular flexibility index (Phi) is 3.22. The summed E-state index contributed by atoms with van der Waals surface area (Å²) < 4.78 is 13.5. The lowest BCUT2D eigenvalue weighted by Gasteiger charge is -2.14. The van der Waals surface area contributed by atoms with Crippen molar-refractivity contribution in [3.8, 4) is 5.75 Å². The molecule has 0 saturated heterocycles. The number of rotatable bonds is 3. The number of halogens is 1. The maximum atomic E-state index is 13.5. The fourth-order valence-electron chi connectivity index (χ4n) is 2.72. The Labute approximate surface area is 111 Å². The summed E-state index contributed by atoms with van der Waals surface area (Å²) in [5.41, 5.74) is 2.83. The average Bonchev–Trinajstić information content (AvgIpc) is 2.83. The lowest BCUT2D eigenvalue weighted by Crippen LogP contribution is -2.19. The molecule has 0 fully saturated rings. The SMILES string of the molecule is Oc1cccc2c1CCC2NCc1ccccc1F. The van der Waals surface area contributed by atoms with E-state index in [0.717, 1.165) is 24.0 Å². The molecule has 3 heteroatoms. The molecule has 2 aromatic rings. The van der Waals surface area contributed by atoms with Crippen molar-refractivity contribution in [2.24, 2.45) is 0 Å². The van der Waals surface area contributed by atoms with Gasteiger partial charge >= 0.3 is 0 Å². The van der Waals surface area contributed by atoms with E-state index in [4.69, 9.17) is 0 Å². The van der Waals surface area contributed by atoms with Crippen LogP contribution in [0.25, 0.3) is 0 Å². The van der Waals surface area contributed by atoms with E-state index in [-0.39, 0.29) is 11.9 Å². The lowest BCUT2D eigenvalue weighted by atomic mass is 10.1. The first-order chi connectivity index (χ1) is 9.25. The first kappa shape index (κ1) is 12.2. The van der Waals surface area contributed by atoms with Crippen LogP contribution in [0.5, 0.6) is 5.75 Å². The van der Waals surface area contributed by atoms with Gasteiger partial charge in [0.2, 0.25) is 0 Å². The molecule has 3 rings (SSSR count). The predicted molar refractivity (Wildman–Crippen MR) is 72.4 cm³/mol. The number of aromatic hydroxyl groups is 1. The van der Waals surface area contributed by atoms with Crippen molar-refractivity contribution in [1.29, 1.82) is 0 Å². The largest absolute Gasteiger partial charge is 0.508 e. The van der Waals surface area contributed by atoms with E-state index in [1.807, 2.05) is 18.2 Å². The van der Waals surface area contributed by atoms with E-state index >= 15 is 0 Å². The predicted octanol–water partition coefficient (Wildman–Crippen LogP) is 3.31. The fraction of sp³-hybridized carbons (Fsp3) is 0.250. The zero-order chi connectivity index (χ0) is 13.2. The summed E-state index contributed by atoms with van der Waals surface area (Å²) in [5.74, 6) is 0.192. The van der Waals surface area contributed by atoms with Gasteiger partial charge < -0.3 is 10.4 Å². The van der Waals surface area contributed by atoms with Crippen LogP contribution in [0.1, 0.15) is 29.2 Å². The maximum absolute atomic E-state index is 13.5. The second kappa shape index (κ2) is 5.02. The van der Waals surface area contributed by atoms with Crippen molar-refractivity contribution in [3.63, 3.8) is 0 Å². The van der Waals surface area contributed by atoms with E-state index < -0.39 is 0 Å². The number of hydrogen-bond donors (Lipinski definition) is 2. The van der Waals surface area contributed by atoms with E-state index in [1.165, 1.54) is 6.07 Å². The number of benzene rings is 2. The molecule has 2 aromatic carbocycles. The summed E-state index contributed by atoms with van der Waals surface area (Å²) in [5, 5.41) is 13.2. The summed E-state index contributed by atoms with van der Waals surface area (Å²) in [4.78, 5) is 0. The zero-order valence-corrected chi connectivity index (χ0v) is 10.6. The first-order valence-corrected chi connectivity index (χ1v) is 6.53. The molecule has 0 aromatic heterocycles. The molecule has 0 spiro atoms. The molecule has 0 amide bonds. The van der Waals surface area contributed by atoms with Gasteiger partial charge in [-0.25, -0.2) is 4.39 Å². The van der Waals surface area contributed by atoms with Crippen LogP contribution in [0, 0.1) is 5.82 Å². The summed E-state index contributed by atoms with van der Waals surface area (Å²) in [6, 6.07) is 12.6. The van der Waals surface area contributed by atoms with Crippen molar-refractivity contribution in [1.82, 2.24) is 5.32 Å². The van der Waals surface area contributed by atoms with Crippen LogP contribution >= 0.6 is 0 Å². The summed E-state index contributed by atoms with van der Waals surface area (Å²) >= 11 is 0. The van der Waals surface area contributed by atoms with E-state index in [2.05, 4.69) is 5.32 Å². The van der Waals surface area contributed by atoms with Gasteiger partial charge in [0, 0.05) is 18.2 Å². The molecular formula is C16H16FNO. The number of phenolic OH excluding ortho intramolecular Hbond substituents is 1. The van der Waals surface area contributed by atoms with Crippen LogP contribution in [0.2, 0.25) is 0 Å². The number of phenols is 1. The Morgan fingerprint density at radius 1 is 1.16 bits per heavy atom. The second-order valence-corrected chi connectivity index (χ2v) is 4.91. The molecule has 98 valence electrons. The normalized spacial score (nSPS) is 17.4. The highest BCUT2D eigenvalue weighted by Crippen LogP contribution is 2.36. The number of hydrogen-bond acceptors (Lipinski definition) is 2.